The number of hydrogen-bond donors (Lipinski definition) is 1. The quantitative estimate of drug-likeness (QED) is 0.447. The van der Waals surface area contributed by atoms with E-state index in [1.807, 2.05) is 0 Å². The second-order valence-corrected chi connectivity index (χ2v) is 6.95. The standard InChI is InChI=1S/C19H14Cl2N2O4S/c1-26-14-4-3-10(16(9-14)27-2)5-15-17(24)22-19(28)23(18(15)25)13-7-11(20)6-12(21)8-13/h3-9H,1-2H3,(H,22,24,28)/b15-5+. The molecule has 2 amide bonds. The highest BCUT2D eigenvalue weighted by molar-refractivity contribution is 7.80. The third-order valence-electron chi connectivity index (χ3n) is 3.95. The highest BCUT2D eigenvalue weighted by atomic mass is 35.5. The Balaban J connectivity index is 2.06. The molecule has 0 aliphatic carbocycles. The molecule has 6 nitrogen and oxygen atoms in total. The van der Waals surface area contributed by atoms with Crippen molar-refractivity contribution in [1.82, 2.24) is 5.32 Å². The molecule has 1 saturated heterocycles. The van der Waals surface area contributed by atoms with E-state index >= 15 is 0 Å². The Morgan fingerprint density at radius 2 is 1.71 bits per heavy atom. The molecule has 0 aromatic heterocycles. The van der Waals surface area contributed by atoms with Crippen LogP contribution in [0.25, 0.3) is 6.08 Å². The minimum absolute atomic E-state index is 0.0628. The topological polar surface area (TPSA) is 67.9 Å². The highest BCUT2D eigenvalue weighted by Crippen LogP contribution is 2.30. The molecule has 0 atom stereocenters. The molecule has 144 valence electrons. The van der Waals surface area contributed by atoms with E-state index in [-0.39, 0.29) is 10.7 Å². The summed E-state index contributed by atoms with van der Waals surface area (Å²) in [7, 11) is 3.01. The van der Waals surface area contributed by atoms with Gasteiger partial charge in [-0.2, -0.15) is 0 Å². The van der Waals surface area contributed by atoms with E-state index in [0.717, 1.165) is 4.90 Å². The first-order valence-corrected chi connectivity index (χ1v) is 9.10. The van der Waals surface area contributed by atoms with E-state index < -0.39 is 11.8 Å². The van der Waals surface area contributed by atoms with Crippen molar-refractivity contribution in [1.29, 1.82) is 0 Å². The maximum Gasteiger partial charge on any atom is 0.270 e. The maximum atomic E-state index is 13.1. The van der Waals surface area contributed by atoms with Crippen LogP contribution in [-0.4, -0.2) is 31.1 Å². The molecule has 0 unspecified atom stereocenters. The molecule has 3 rings (SSSR count). The van der Waals surface area contributed by atoms with Crippen LogP contribution in [-0.2, 0) is 9.59 Å². The van der Waals surface area contributed by atoms with Crippen molar-refractivity contribution in [3.8, 4) is 11.5 Å². The van der Waals surface area contributed by atoms with Gasteiger partial charge in [-0.1, -0.05) is 23.2 Å². The van der Waals surface area contributed by atoms with Crippen molar-refractivity contribution in [2.45, 2.75) is 0 Å². The van der Waals surface area contributed by atoms with Gasteiger partial charge in [-0.25, -0.2) is 0 Å². The van der Waals surface area contributed by atoms with E-state index in [4.69, 9.17) is 44.9 Å². The van der Waals surface area contributed by atoms with E-state index in [1.54, 1.807) is 18.2 Å². The maximum absolute atomic E-state index is 13.1. The molecule has 0 saturated carbocycles. The number of rotatable bonds is 4. The Bertz CT molecular complexity index is 1000. The number of carbonyl (C=O) groups excluding carboxylic acids is 2. The number of benzene rings is 2. The number of carbonyl (C=O) groups is 2. The van der Waals surface area contributed by atoms with Crippen molar-refractivity contribution in [3.05, 3.63) is 57.6 Å². The van der Waals surface area contributed by atoms with Crippen LogP contribution in [0.3, 0.4) is 0 Å². The highest BCUT2D eigenvalue weighted by Gasteiger charge is 2.35. The molecular weight excluding hydrogens is 423 g/mol. The lowest BCUT2D eigenvalue weighted by molar-refractivity contribution is -0.122. The molecule has 0 spiro atoms. The van der Waals surface area contributed by atoms with Crippen molar-refractivity contribution >= 4 is 64.1 Å². The normalized spacial score (nSPS) is 15.6. The number of thiocarbonyl (C=S) groups is 1. The van der Waals surface area contributed by atoms with Crippen LogP contribution in [0.4, 0.5) is 5.69 Å². The number of anilines is 1. The number of methoxy groups -OCH3 is 2. The fourth-order valence-corrected chi connectivity index (χ4v) is 3.45. The molecule has 1 fully saturated rings. The predicted octanol–water partition coefficient (Wildman–Crippen LogP) is 3.84. The summed E-state index contributed by atoms with van der Waals surface area (Å²) in [4.78, 5) is 26.6. The van der Waals surface area contributed by atoms with Gasteiger partial charge in [-0.05, 0) is 48.6 Å². The summed E-state index contributed by atoms with van der Waals surface area (Å²) in [6.45, 7) is 0. The molecule has 1 N–H and O–H groups in total. The summed E-state index contributed by atoms with van der Waals surface area (Å²) < 4.78 is 10.5. The third-order valence-corrected chi connectivity index (χ3v) is 4.67. The lowest BCUT2D eigenvalue weighted by atomic mass is 10.1. The number of amides is 2. The van der Waals surface area contributed by atoms with Gasteiger partial charge in [0, 0.05) is 21.7 Å². The van der Waals surface area contributed by atoms with Crippen LogP contribution in [0.1, 0.15) is 5.56 Å². The Kier molecular flexibility index (Phi) is 5.88. The number of nitrogens with one attached hydrogen (secondary N) is 1. The molecule has 1 aliphatic rings. The van der Waals surface area contributed by atoms with Gasteiger partial charge in [0.15, 0.2) is 5.11 Å². The second-order valence-electron chi connectivity index (χ2n) is 5.69. The van der Waals surface area contributed by atoms with Gasteiger partial charge in [0.25, 0.3) is 11.8 Å². The first-order valence-electron chi connectivity index (χ1n) is 7.93. The van der Waals surface area contributed by atoms with Crippen LogP contribution in [0.15, 0.2) is 42.0 Å². The van der Waals surface area contributed by atoms with Gasteiger partial charge in [-0.15, -0.1) is 0 Å². The fourth-order valence-electron chi connectivity index (χ4n) is 2.65. The molecule has 2 aromatic carbocycles. The van der Waals surface area contributed by atoms with Crippen LogP contribution < -0.4 is 19.7 Å². The van der Waals surface area contributed by atoms with E-state index in [0.29, 0.717) is 32.8 Å². The van der Waals surface area contributed by atoms with Crippen molar-refractivity contribution < 1.29 is 19.1 Å². The van der Waals surface area contributed by atoms with Crippen LogP contribution in [0.2, 0.25) is 10.0 Å². The molecular formula is C19H14Cl2N2O4S. The minimum atomic E-state index is -0.614. The average Bonchev–Trinajstić information content (AvgIpc) is 2.64. The van der Waals surface area contributed by atoms with E-state index in [2.05, 4.69) is 5.32 Å². The van der Waals surface area contributed by atoms with Crippen LogP contribution >= 0.6 is 35.4 Å². The zero-order valence-electron chi connectivity index (χ0n) is 14.8. The lowest BCUT2D eigenvalue weighted by Gasteiger charge is -2.29. The molecule has 0 bridgehead atoms. The summed E-state index contributed by atoms with van der Waals surface area (Å²) in [6, 6.07) is 9.61. The van der Waals surface area contributed by atoms with E-state index in [9.17, 15) is 9.59 Å². The van der Waals surface area contributed by atoms with Gasteiger partial charge in [0.05, 0.1) is 19.9 Å². The van der Waals surface area contributed by atoms with E-state index in [1.165, 1.54) is 38.5 Å². The second kappa shape index (κ2) is 8.18. The predicted molar refractivity (Wildman–Crippen MR) is 112 cm³/mol. The minimum Gasteiger partial charge on any atom is -0.497 e. The van der Waals surface area contributed by atoms with Gasteiger partial charge in [0.2, 0.25) is 0 Å². The first-order chi connectivity index (χ1) is 13.3. The molecule has 1 heterocycles. The Hall–Kier alpha value is -2.61. The Morgan fingerprint density at radius 3 is 2.32 bits per heavy atom. The molecule has 0 radical (unpaired) electrons. The zero-order valence-corrected chi connectivity index (χ0v) is 17.1. The smallest absolute Gasteiger partial charge is 0.270 e. The third kappa shape index (κ3) is 3.96. The van der Waals surface area contributed by atoms with Gasteiger partial charge in [0.1, 0.15) is 17.1 Å². The van der Waals surface area contributed by atoms with Crippen molar-refractivity contribution in [2.75, 3.05) is 19.1 Å². The summed E-state index contributed by atoms with van der Waals surface area (Å²) in [6.07, 6.45) is 1.43. The first kappa shape index (κ1) is 20.1. The summed E-state index contributed by atoms with van der Waals surface area (Å²) in [5.74, 6) is -0.199. The average molecular weight is 437 g/mol. The lowest BCUT2D eigenvalue weighted by Crippen LogP contribution is -2.54. The SMILES string of the molecule is COc1ccc(/C=C2\C(=O)NC(=S)N(c3cc(Cl)cc(Cl)c3)C2=O)c(OC)c1. The Morgan fingerprint density at radius 1 is 1.04 bits per heavy atom. The number of hydrogen-bond acceptors (Lipinski definition) is 5. The van der Waals surface area contributed by atoms with Gasteiger partial charge >= 0.3 is 0 Å². The number of halogens is 2. The largest absolute Gasteiger partial charge is 0.497 e. The summed E-state index contributed by atoms with van der Waals surface area (Å²) >= 11 is 17.2. The van der Waals surface area contributed by atoms with Gasteiger partial charge in [-0.3, -0.25) is 19.8 Å². The zero-order chi connectivity index (χ0) is 20.4. The van der Waals surface area contributed by atoms with Crippen molar-refractivity contribution in [3.63, 3.8) is 0 Å². The van der Waals surface area contributed by atoms with Gasteiger partial charge < -0.3 is 9.47 Å². The molecule has 1 aliphatic heterocycles. The summed E-state index contributed by atoms with van der Waals surface area (Å²) in [5, 5.41) is 3.10. The summed E-state index contributed by atoms with van der Waals surface area (Å²) in [5.41, 5.74) is 0.756. The number of nitrogens with zero attached hydrogens (tertiary/aromatic N) is 1. The van der Waals surface area contributed by atoms with Crippen LogP contribution in [0, 0.1) is 0 Å². The number of ether oxygens (including phenoxy) is 2. The van der Waals surface area contributed by atoms with Crippen molar-refractivity contribution in [2.24, 2.45) is 0 Å². The monoisotopic (exact) mass is 436 g/mol. The fraction of sp³-hybridized carbons (Fsp3) is 0.105. The molecule has 2 aromatic rings. The molecule has 28 heavy (non-hydrogen) atoms. The van der Waals surface area contributed by atoms with Crippen LogP contribution in [0.5, 0.6) is 11.5 Å². The molecule has 9 heteroatoms. The Labute approximate surface area is 176 Å².